The van der Waals surface area contributed by atoms with Crippen LogP contribution in [0.3, 0.4) is 0 Å². The molecule has 0 spiro atoms. The number of ether oxygens (including phenoxy) is 2. The van der Waals surface area contributed by atoms with Gasteiger partial charge in [0.15, 0.2) is 0 Å². The maximum absolute atomic E-state index is 13.4. The van der Waals surface area contributed by atoms with Crippen molar-refractivity contribution in [1.29, 1.82) is 0 Å². The highest BCUT2D eigenvalue weighted by Gasteiger charge is 2.45. The molecular formula is C24H30N2O6S. The molecule has 1 aliphatic heterocycles. The van der Waals surface area contributed by atoms with Gasteiger partial charge in [-0.3, -0.25) is 14.6 Å². The lowest BCUT2D eigenvalue weighted by atomic mass is 9.77. The predicted molar refractivity (Wildman–Crippen MR) is 124 cm³/mol. The van der Waals surface area contributed by atoms with Gasteiger partial charge in [-0.15, -0.1) is 11.3 Å². The number of hydrogen-bond donors (Lipinski definition) is 1. The summed E-state index contributed by atoms with van der Waals surface area (Å²) in [7, 11) is 1.28. The number of nitrogens with zero attached hydrogens (tertiary/aromatic N) is 2. The fourth-order valence-electron chi connectivity index (χ4n) is 4.01. The maximum atomic E-state index is 13.4. The van der Waals surface area contributed by atoms with Crippen molar-refractivity contribution in [2.75, 3.05) is 20.3 Å². The van der Waals surface area contributed by atoms with Crippen LogP contribution >= 0.6 is 11.3 Å². The third kappa shape index (κ3) is 6.10. The quantitative estimate of drug-likeness (QED) is 0.581. The second kappa shape index (κ2) is 10.3. The maximum Gasteiger partial charge on any atom is 0.326 e. The molecule has 0 unspecified atom stereocenters. The number of aliphatic carboxylic acids is 1. The topological polar surface area (TPSA) is 106 Å². The number of esters is 1. The number of carboxylic acids is 1. The molecule has 0 aliphatic carbocycles. The van der Waals surface area contributed by atoms with E-state index in [-0.39, 0.29) is 31.4 Å². The van der Waals surface area contributed by atoms with E-state index in [9.17, 15) is 19.5 Å². The summed E-state index contributed by atoms with van der Waals surface area (Å²) in [6, 6.07) is 6.60. The summed E-state index contributed by atoms with van der Waals surface area (Å²) in [6.45, 7) is 6.11. The van der Waals surface area contributed by atoms with Crippen LogP contribution in [0.2, 0.25) is 0 Å². The molecule has 0 bridgehead atoms. The van der Waals surface area contributed by atoms with Crippen molar-refractivity contribution in [2.24, 2.45) is 17.3 Å². The van der Waals surface area contributed by atoms with Crippen molar-refractivity contribution < 1.29 is 29.0 Å². The van der Waals surface area contributed by atoms with Crippen LogP contribution in [0.5, 0.6) is 5.75 Å². The number of amides is 1. The van der Waals surface area contributed by atoms with E-state index in [4.69, 9.17) is 9.47 Å². The van der Waals surface area contributed by atoms with E-state index in [0.29, 0.717) is 12.2 Å². The van der Waals surface area contributed by atoms with Gasteiger partial charge in [-0.2, -0.15) is 0 Å². The van der Waals surface area contributed by atoms with Gasteiger partial charge in [-0.25, -0.2) is 4.79 Å². The lowest BCUT2D eigenvalue weighted by Gasteiger charge is -2.33. The molecule has 178 valence electrons. The van der Waals surface area contributed by atoms with Gasteiger partial charge in [-0.05, 0) is 29.3 Å². The van der Waals surface area contributed by atoms with Gasteiger partial charge < -0.3 is 19.5 Å². The summed E-state index contributed by atoms with van der Waals surface area (Å²) >= 11 is 1.58. The van der Waals surface area contributed by atoms with Crippen LogP contribution in [0.25, 0.3) is 10.6 Å². The van der Waals surface area contributed by atoms with Crippen molar-refractivity contribution in [1.82, 2.24) is 9.88 Å². The number of likely N-dealkylation sites (tertiary alicyclic amines) is 1. The first-order chi connectivity index (χ1) is 15.6. The van der Waals surface area contributed by atoms with E-state index >= 15 is 0 Å². The molecule has 3 rings (SSSR count). The number of carbonyl (C=O) groups excluding carboxylic acids is 2. The highest BCUT2D eigenvalue weighted by molar-refractivity contribution is 7.13. The number of methoxy groups -OCH3 is 1. The Hall–Kier alpha value is -2.94. The third-order valence-electron chi connectivity index (χ3n) is 5.89. The van der Waals surface area contributed by atoms with Gasteiger partial charge in [0.05, 0.1) is 36.6 Å². The Kier molecular flexibility index (Phi) is 7.73. The fourth-order valence-corrected chi connectivity index (χ4v) is 4.70. The Morgan fingerprint density at radius 2 is 2.06 bits per heavy atom. The molecule has 1 N–H and O–H groups in total. The highest BCUT2D eigenvalue weighted by atomic mass is 32.1. The second-order valence-corrected chi connectivity index (χ2v) is 10.3. The van der Waals surface area contributed by atoms with E-state index < -0.39 is 29.3 Å². The van der Waals surface area contributed by atoms with E-state index in [0.717, 1.165) is 10.6 Å². The molecule has 1 saturated heterocycles. The first kappa shape index (κ1) is 24.7. The van der Waals surface area contributed by atoms with Crippen LogP contribution < -0.4 is 4.74 Å². The average Bonchev–Trinajstić information content (AvgIpc) is 3.45. The zero-order valence-electron chi connectivity index (χ0n) is 19.3. The number of rotatable bonds is 8. The molecule has 33 heavy (non-hydrogen) atoms. The predicted octanol–water partition coefficient (Wildman–Crippen LogP) is 3.72. The Morgan fingerprint density at radius 3 is 2.67 bits per heavy atom. The van der Waals surface area contributed by atoms with E-state index in [1.807, 2.05) is 44.4 Å². The van der Waals surface area contributed by atoms with Gasteiger partial charge in [-0.1, -0.05) is 26.8 Å². The molecule has 0 saturated carbocycles. The molecule has 8 nitrogen and oxygen atoms in total. The van der Waals surface area contributed by atoms with Crippen molar-refractivity contribution >= 4 is 29.2 Å². The van der Waals surface area contributed by atoms with Crippen molar-refractivity contribution in [3.8, 4) is 16.3 Å². The summed E-state index contributed by atoms with van der Waals surface area (Å²) in [5, 5.41) is 11.7. The first-order valence-corrected chi connectivity index (χ1v) is 11.7. The second-order valence-electron chi connectivity index (χ2n) is 9.31. The Labute approximate surface area is 197 Å². The van der Waals surface area contributed by atoms with Gasteiger partial charge >= 0.3 is 11.9 Å². The average molecular weight is 475 g/mol. The van der Waals surface area contributed by atoms with E-state index in [2.05, 4.69) is 4.98 Å². The monoisotopic (exact) mass is 474 g/mol. The minimum Gasteiger partial charge on any atom is -0.493 e. The van der Waals surface area contributed by atoms with Gasteiger partial charge in [0.1, 0.15) is 11.8 Å². The largest absolute Gasteiger partial charge is 0.493 e. The van der Waals surface area contributed by atoms with Crippen molar-refractivity contribution in [3.05, 3.63) is 35.8 Å². The molecular weight excluding hydrogens is 444 g/mol. The molecule has 1 aliphatic rings. The number of carboxylic acid groups (broad SMARTS) is 1. The number of carbonyl (C=O) groups is 3. The lowest BCUT2D eigenvalue weighted by molar-refractivity contribution is -0.154. The molecule has 3 heterocycles. The Balaban J connectivity index is 1.70. The third-order valence-corrected chi connectivity index (χ3v) is 6.78. The summed E-state index contributed by atoms with van der Waals surface area (Å²) in [4.78, 5) is 44.0. The molecule has 2 aromatic rings. The smallest absolute Gasteiger partial charge is 0.326 e. The highest BCUT2D eigenvalue weighted by Crippen LogP contribution is 2.35. The van der Waals surface area contributed by atoms with E-state index in [1.54, 1.807) is 23.6 Å². The standard InChI is InChI=1S/C24H30N2O6S/c1-24(2,3)17(12-21(27)31-4)22(28)26-13-15(10-19(26)23(29)30)14-32-16-7-8-25-18(11-16)20-6-5-9-33-20/h5-9,11,15,17,19H,10,12-14H2,1-4H3,(H,29,30)/t15-,17-,19+/m1/s1. The molecule has 9 heteroatoms. The fraction of sp³-hybridized carbons (Fsp3) is 0.500. The molecule has 1 amide bonds. The van der Waals surface area contributed by atoms with Crippen LogP contribution in [0.4, 0.5) is 0 Å². The number of pyridine rings is 1. The van der Waals surface area contributed by atoms with Crippen LogP contribution in [0, 0.1) is 17.3 Å². The van der Waals surface area contributed by atoms with Crippen molar-refractivity contribution in [3.63, 3.8) is 0 Å². The molecule has 1 fully saturated rings. The van der Waals surface area contributed by atoms with Crippen molar-refractivity contribution in [2.45, 2.75) is 39.7 Å². The number of hydrogen-bond acceptors (Lipinski definition) is 7. The first-order valence-electron chi connectivity index (χ1n) is 10.8. The zero-order valence-corrected chi connectivity index (χ0v) is 20.1. The van der Waals surface area contributed by atoms with Crippen LogP contribution in [-0.4, -0.2) is 59.1 Å². The molecule has 2 aromatic heterocycles. The zero-order chi connectivity index (χ0) is 24.2. The number of aromatic nitrogens is 1. The van der Waals surface area contributed by atoms with Gasteiger partial charge in [0, 0.05) is 24.7 Å². The van der Waals surface area contributed by atoms with Crippen LogP contribution in [0.15, 0.2) is 35.8 Å². The van der Waals surface area contributed by atoms with Gasteiger partial charge in [0.25, 0.3) is 0 Å². The SMILES string of the molecule is COC(=O)C[C@H](C(=O)N1C[C@H](COc2ccnc(-c3cccs3)c2)C[C@H]1C(=O)O)C(C)(C)C. The Morgan fingerprint density at radius 1 is 1.30 bits per heavy atom. The Bertz CT molecular complexity index is 985. The minimum absolute atomic E-state index is 0.0919. The lowest BCUT2D eigenvalue weighted by Crippen LogP contribution is -2.47. The summed E-state index contributed by atoms with van der Waals surface area (Å²) in [5.74, 6) is -2.07. The number of thiophene rings is 1. The summed E-state index contributed by atoms with van der Waals surface area (Å²) in [6.07, 6.45) is 1.88. The normalized spacial score (nSPS) is 19.2. The van der Waals surface area contributed by atoms with Gasteiger partial charge in [0.2, 0.25) is 5.91 Å². The summed E-state index contributed by atoms with van der Waals surface area (Å²) in [5.41, 5.74) is 0.281. The minimum atomic E-state index is -1.06. The van der Waals surface area contributed by atoms with Crippen LogP contribution in [-0.2, 0) is 19.1 Å². The molecule has 0 aromatic carbocycles. The van der Waals surface area contributed by atoms with Crippen LogP contribution in [0.1, 0.15) is 33.6 Å². The molecule has 0 radical (unpaired) electrons. The summed E-state index contributed by atoms with van der Waals surface area (Å²) < 4.78 is 10.7. The molecule has 3 atom stereocenters. The van der Waals surface area contributed by atoms with E-state index in [1.165, 1.54) is 12.0 Å².